The number of fused-ring (bicyclic) bond motifs is 1. The van der Waals surface area contributed by atoms with Crippen molar-refractivity contribution in [2.24, 2.45) is 0 Å². The molecule has 2 N–H and O–H groups in total. The normalized spacial score (nSPS) is 14.3. The minimum atomic E-state index is -0.910. The number of aromatic hydroxyl groups is 1. The molecule has 0 bridgehead atoms. The first-order valence-electron chi connectivity index (χ1n) is 6.96. The Hall–Kier alpha value is -2.97. The van der Waals surface area contributed by atoms with Crippen LogP contribution in [0.4, 0.5) is 5.69 Å². The van der Waals surface area contributed by atoms with Crippen molar-refractivity contribution >= 4 is 23.9 Å². The molecular formula is C14H15N3O6. The van der Waals surface area contributed by atoms with Crippen LogP contribution in [-0.2, 0) is 16.1 Å². The summed E-state index contributed by atoms with van der Waals surface area (Å²) in [6.07, 6.45) is 1.11. The summed E-state index contributed by atoms with van der Waals surface area (Å²) in [5.41, 5.74) is -0.390. The molecular weight excluding hydrogens is 306 g/mol. The maximum Gasteiger partial charge on any atom is 0.316 e. The highest BCUT2D eigenvalue weighted by Crippen LogP contribution is 2.38. The fourth-order valence-corrected chi connectivity index (χ4v) is 2.69. The van der Waals surface area contributed by atoms with Gasteiger partial charge in [0, 0.05) is 0 Å². The van der Waals surface area contributed by atoms with Gasteiger partial charge in [0.2, 0.25) is 12.3 Å². The molecule has 122 valence electrons. The maximum absolute atomic E-state index is 12.5. The van der Waals surface area contributed by atoms with Crippen LogP contribution in [0.2, 0.25) is 0 Å². The molecule has 1 aromatic carbocycles. The molecule has 0 spiro atoms. The SMILES string of the molecule is CCCC(C(=O)NC=O)N1Cc2c(ccc(O)c2[N+](=O)[O-])C1=O. The van der Waals surface area contributed by atoms with E-state index in [9.17, 15) is 29.6 Å². The second kappa shape index (κ2) is 6.42. The number of hydrogen-bond donors (Lipinski definition) is 2. The number of benzene rings is 1. The summed E-state index contributed by atoms with van der Waals surface area (Å²) in [6.45, 7) is 1.64. The average molecular weight is 321 g/mol. The van der Waals surface area contributed by atoms with Gasteiger partial charge in [-0.25, -0.2) is 0 Å². The van der Waals surface area contributed by atoms with Crippen molar-refractivity contribution in [3.63, 3.8) is 0 Å². The molecule has 9 nitrogen and oxygen atoms in total. The number of rotatable bonds is 6. The van der Waals surface area contributed by atoms with Gasteiger partial charge in [0.1, 0.15) is 6.04 Å². The van der Waals surface area contributed by atoms with E-state index in [1.807, 2.05) is 12.2 Å². The number of nitrogens with one attached hydrogen (secondary N) is 1. The smallest absolute Gasteiger partial charge is 0.316 e. The molecule has 1 atom stereocenters. The van der Waals surface area contributed by atoms with E-state index in [0.717, 1.165) is 6.07 Å². The Kier molecular flexibility index (Phi) is 4.58. The zero-order valence-corrected chi connectivity index (χ0v) is 12.3. The highest BCUT2D eigenvalue weighted by molar-refractivity contribution is 6.03. The molecule has 1 heterocycles. The van der Waals surface area contributed by atoms with Crippen LogP contribution < -0.4 is 5.32 Å². The second-order valence-corrected chi connectivity index (χ2v) is 5.08. The zero-order valence-electron chi connectivity index (χ0n) is 12.3. The molecule has 1 aliphatic heterocycles. The Bertz CT molecular complexity index is 687. The number of amides is 3. The quantitative estimate of drug-likeness (QED) is 0.450. The van der Waals surface area contributed by atoms with Gasteiger partial charge in [-0.2, -0.15) is 0 Å². The number of phenolic OH excluding ortho intramolecular Hbond substituents is 1. The summed E-state index contributed by atoms with van der Waals surface area (Å²) in [4.78, 5) is 46.5. The topological polar surface area (TPSA) is 130 Å². The lowest BCUT2D eigenvalue weighted by Gasteiger charge is -2.25. The average Bonchev–Trinajstić information content (AvgIpc) is 2.81. The molecule has 9 heteroatoms. The first kappa shape index (κ1) is 16.4. The molecule has 1 unspecified atom stereocenters. The van der Waals surface area contributed by atoms with Crippen molar-refractivity contribution in [1.29, 1.82) is 0 Å². The third-order valence-electron chi connectivity index (χ3n) is 3.71. The van der Waals surface area contributed by atoms with E-state index >= 15 is 0 Å². The number of imide groups is 1. The van der Waals surface area contributed by atoms with E-state index in [4.69, 9.17) is 0 Å². The first-order chi connectivity index (χ1) is 10.9. The lowest BCUT2D eigenvalue weighted by Crippen LogP contribution is -2.46. The summed E-state index contributed by atoms with van der Waals surface area (Å²) in [6, 6.07) is 1.46. The maximum atomic E-state index is 12.5. The number of nitro groups is 1. The minimum absolute atomic E-state index is 0.0695. The van der Waals surface area contributed by atoms with Gasteiger partial charge in [-0.1, -0.05) is 13.3 Å². The van der Waals surface area contributed by atoms with Crippen molar-refractivity contribution in [2.75, 3.05) is 0 Å². The summed E-state index contributed by atoms with van der Waals surface area (Å²) in [7, 11) is 0. The molecule has 3 amide bonds. The second-order valence-electron chi connectivity index (χ2n) is 5.08. The summed E-state index contributed by atoms with van der Waals surface area (Å²) >= 11 is 0. The molecule has 0 saturated carbocycles. The lowest BCUT2D eigenvalue weighted by atomic mass is 10.1. The Morgan fingerprint density at radius 3 is 2.83 bits per heavy atom. The van der Waals surface area contributed by atoms with Crippen LogP contribution in [0.25, 0.3) is 0 Å². The Morgan fingerprint density at radius 2 is 2.26 bits per heavy atom. The molecule has 2 rings (SSSR count). The molecule has 23 heavy (non-hydrogen) atoms. The van der Waals surface area contributed by atoms with Crippen molar-refractivity contribution < 1.29 is 24.4 Å². The van der Waals surface area contributed by atoms with Crippen LogP contribution in [0.15, 0.2) is 12.1 Å². The molecule has 0 saturated heterocycles. The van der Waals surface area contributed by atoms with Crippen molar-refractivity contribution in [2.45, 2.75) is 32.4 Å². The van der Waals surface area contributed by atoms with Gasteiger partial charge in [-0.05, 0) is 18.6 Å². The Labute approximate surface area is 131 Å². The highest BCUT2D eigenvalue weighted by Gasteiger charge is 2.40. The van der Waals surface area contributed by atoms with Crippen molar-refractivity contribution in [1.82, 2.24) is 10.2 Å². The molecule has 0 aliphatic carbocycles. The van der Waals surface area contributed by atoms with Crippen LogP contribution in [0.1, 0.15) is 35.7 Å². The largest absolute Gasteiger partial charge is 0.502 e. The van der Waals surface area contributed by atoms with E-state index in [1.54, 1.807) is 0 Å². The molecule has 0 radical (unpaired) electrons. The lowest BCUT2D eigenvalue weighted by molar-refractivity contribution is -0.386. The van der Waals surface area contributed by atoms with Gasteiger partial charge in [0.25, 0.3) is 5.91 Å². The van der Waals surface area contributed by atoms with E-state index in [2.05, 4.69) is 0 Å². The Morgan fingerprint density at radius 1 is 1.57 bits per heavy atom. The number of nitro benzene ring substituents is 1. The van der Waals surface area contributed by atoms with Gasteiger partial charge >= 0.3 is 5.69 Å². The van der Waals surface area contributed by atoms with Crippen LogP contribution >= 0.6 is 0 Å². The third kappa shape index (κ3) is 2.85. The minimum Gasteiger partial charge on any atom is -0.502 e. The first-order valence-corrected chi connectivity index (χ1v) is 6.96. The molecule has 0 fully saturated rings. The molecule has 0 aromatic heterocycles. The van der Waals surface area contributed by atoms with Gasteiger partial charge in [-0.3, -0.25) is 29.8 Å². The van der Waals surface area contributed by atoms with Crippen LogP contribution in [-0.4, -0.2) is 39.2 Å². The fraction of sp³-hybridized carbons (Fsp3) is 0.357. The highest BCUT2D eigenvalue weighted by atomic mass is 16.6. The Balaban J connectivity index is 2.43. The van der Waals surface area contributed by atoms with Crippen LogP contribution in [0.5, 0.6) is 5.75 Å². The van der Waals surface area contributed by atoms with Crippen molar-refractivity contribution in [3.05, 3.63) is 33.4 Å². The summed E-state index contributed by atoms with van der Waals surface area (Å²) in [5, 5.41) is 22.8. The van der Waals surface area contributed by atoms with Crippen molar-refractivity contribution in [3.8, 4) is 5.75 Å². The predicted octanol–water partition coefficient (Wildman–Crippen LogP) is 0.697. The van der Waals surface area contributed by atoms with Gasteiger partial charge < -0.3 is 10.0 Å². The summed E-state index contributed by atoms with van der Waals surface area (Å²) < 4.78 is 0. The van der Waals surface area contributed by atoms with Gasteiger partial charge in [0.15, 0.2) is 5.75 Å². The number of nitrogens with zero attached hydrogens (tertiary/aromatic N) is 2. The fourth-order valence-electron chi connectivity index (χ4n) is 2.69. The van der Waals surface area contributed by atoms with E-state index < -0.39 is 34.2 Å². The summed E-state index contributed by atoms with van der Waals surface area (Å²) in [5.74, 6) is -1.72. The van der Waals surface area contributed by atoms with E-state index in [1.165, 1.54) is 11.0 Å². The third-order valence-corrected chi connectivity index (χ3v) is 3.71. The molecule has 1 aliphatic rings. The number of hydrogen-bond acceptors (Lipinski definition) is 6. The van der Waals surface area contributed by atoms with E-state index in [-0.39, 0.29) is 24.1 Å². The van der Waals surface area contributed by atoms with E-state index in [0.29, 0.717) is 12.8 Å². The number of phenols is 1. The van der Waals surface area contributed by atoms with Crippen LogP contribution in [0, 0.1) is 10.1 Å². The zero-order chi connectivity index (χ0) is 17.1. The monoisotopic (exact) mass is 321 g/mol. The number of carbonyl (C=O) groups excluding carboxylic acids is 3. The van der Waals surface area contributed by atoms with Gasteiger partial charge in [-0.15, -0.1) is 0 Å². The predicted molar refractivity (Wildman–Crippen MR) is 77.5 cm³/mol. The molecule has 1 aromatic rings. The van der Waals surface area contributed by atoms with Gasteiger partial charge in [0.05, 0.1) is 22.6 Å². The van der Waals surface area contributed by atoms with Crippen LogP contribution in [0.3, 0.4) is 0 Å². The standard InChI is InChI=1S/C14H15N3O6/c1-2-3-10(13(20)15-7-18)16-6-9-8(14(16)21)4-5-11(19)12(9)17(22)23/h4-5,7,10,19H,2-3,6H2,1H3,(H,15,18,20). The number of carbonyl (C=O) groups is 3.